The van der Waals surface area contributed by atoms with Gasteiger partial charge in [0.25, 0.3) is 0 Å². The van der Waals surface area contributed by atoms with E-state index in [-0.39, 0.29) is 44.0 Å². The summed E-state index contributed by atoms with van der Waals surface area (Å²) < 4.78 is 16.7. The molecule has 0 aromatic carbocycles. The number of hydrogen-bond donors (Lipinski definition) is 0. The Bertz CT molecular complexity index is 1360. The lowest BCUT2D eigenvalue weighted by molar-refractivity contribution is -0.166. The van der Waals surface area contributed by atoms with Crippen LogP contribution in [-0.2, 0) is 28.6 Å². The van der Waals surface area contributed by atoms with Crippen LogP contribution in [0, 0.1) is 0 Å². The molecule has 1 atom stereocenters. The highest BCUT2D eigenvalue weighted by Crippen LogP contribution is 2.13. The van der Waals surface area contributed by atoms with Crippen molar-refractivity contribution in [3.63, 3.8) is 0 Å². The summed E-state index contributed by atoms with van der Waals surface area (Å²) in [6.45, 7) is 6.40. The zero-order valence-corrected chi connectivity index (χ0v) is 42.0. The molecule has 0 saturated heterocycles. The molecule has 0 amide bonds. The molecule has 0 spiro atoms. The molecule has 368 valence electrons. The van der Waals surface area contributed by atoms with E-state index in [4.69, 9.17) is 14.2 Å². The molecule has 0 aliphatic rings. The number of hydrogen-bond acceptors (Lipinski definition) is 6. The van der Waals surface area contributed by atoms with Crippen LogP contribution in [0.5, 0.6) is 0 Å². The zero-order valence-electron chi connectivity index (χ0n) is 42.0. The fourth-order valence-electron chi connectivity index (χ4n) is 6.88. The van der Waals surface area contributed by atoms with Gasteiger partial charge in [-0.15, -0.1) is 0 Å². The third-order valence-electron chi connectivity index (χ3n) is 10.8. The Labute approximate surface area is 400 Å². The van der Waals surface area contributed by atoms with Crippen LogP contribution < -0.4 is 0 Å². The SMILES string of the molecule is CC/C=C\C/C=C\C/C=C\C/C=C\C/C=C\C/C=C\CCC(=O)OCC(COC(=O)CCCCCCCCCCCC)OC(=O)CCCCCCC\C=C/C=C\C=C/CCCCCCC. The van der Waals surface area contributed by atoms with Crippen LogP contribution >= 0.6 is 0 Å². The van der Waals surface area contributed by atoms with Gasteiger partial charge in [0.05, 0.1) is 0 Å². The summed E-state index contributed by atoms with van der Waals surface area (Å²) in [5.41, 5.74) is 0. The van der Waals surface area contributed by atoms with Crippen LogP contribution in [0.25, 0.3) is 0 Å². The standard InChI is InChI=1S/C59H96O6/c1-4-7-10-13-16-19-22-24-26-28-30-32-33-35-37-40-43-46-49-52-58(61)64-55-56(54-63-57(60)51-48-45-42-39-21-18-15-12-9-6-3)65-59(62)53-50-47-44-41-38-36-34-31-29-27-25-23-20-17-14-11-8-5-2/h7,10,16,19,23-27,29-32,34-35,37,43,46,56H,4-6,8-9,11-15,17-18,20-22,28,33,36,38-42,44-45,47-55H2,1-3H3/b10-7-,19-16-,25-23-,26-24-,29-27-,32-30-,34-31-,37-35-,46-43-. The number of unbranched alkanes of at least 4 members (excludes halogenated alkanes) is 19. The van der Waals surface area contributed by atoms with Crippen molar-refractivity contribution in [2.75, 3.05) is 13.2 Å². The summed E-state index contributed by atoms with van der Waals surface area (Å²) in [5.74, 6) is -1.02. The second kappa shape index (κ2) is 52.7. The molecule has 0 N–H and O–H groups in total. The Kier molecular flexibility index (Phi) is 49.5. The minimum atomic E-state index is -0.819. The maximum absolute atomic E-state index is 12.8. The molecular weight excluding hydrogens is 805 g/mol. The van der Waals surface area contributed by atoms with Gasteiger partial charge in [0.1, 0.15) is 13.2 Å². The Hall–Kier alpha value is -3.93. The smallest absolute Gasteiger partial charge is 0.306 e. The Balaban J connectivity index is 4.52. The van der Waals surface area contributed by atoms with Crippen LogP contribution in [0.1, 0.15) is 226 Å². The van der Waals surface area contributed by atoms with Crippen LogP contribution in [-0.4, -0.2) is 37.2 Å². The highest BCUT2D eigenvalue weighted by Gasteiger charge is 2.19. The van der Waals surface area contributed by atoms with Gasteiger partial charge in [-0.1, -0.05) is 233 Å². The van der Waals surface area contributed by atoms with Crippen molar-refractivity contribution in [1.29, 1.82) is 0 Å². The summed E-state index contributed by atoms with van der Waals surface area (Å²) in [4.78, 5) is 37.9. The van der Waals surface area contributed by atoms with Gasteiger partial charge in [0.2, 0.25) is 0 Å². The third kappa shape index (κ3) is 50.9. The molecule has 6 heteroatoms. The van der Waals surface area contributed by atoms with Crippen LogP contribution in [0.3, 0.4) is 0 Å². The largest absolute Gasteiger partial charge is 0.462 e. The maximum Gasteiger partial charge on any atom is 0.306 e. The van der Waals surface area contributed by atoms with Crippen molar-refractivity contribution in [3.8, 4) is 0 Å². The number of allylic oxidation sites excluding steroid dienone is 18. The number of rotatable bonds is 46. The average Bonchev–Trinajstić information content (AvgIpc) is 3.30. The lowest BCUT2D eigenvalue weighted by Crippen LogP contribution is -2.30. The highest BCUT2D eigenvalue weighted by molar-refractivity contribution is 5.71. The van der Waals surface area contributed by atoms with Gasteiger partial charge in [-0.05, 0) is 83.5 Å². The molecule has 6 nitrogen and oxygen atoms in total. The van der Waals surface area contributed by atoms with E-state index in [1.807, 2.05) is 12.2 Å². The molecule has 0 heterocycles. The topological polar surface area (TPSA) is 78.9 Å². The van der Waals surface area contributed by atoms with Crippen molar-refractivity contribution in [3.05, 3.63) is 109 Å². The molecule has 0 saturated carbocycles. The normalized spacial score (nSPS) is 13.0. The van der Waals surface area contributed by atoms with Crippen molar-refractivity contribution in [1.82, 2.24) is 0 Å². The van der Waals surface area contributed by atoms with Crippen LogP contribution in [0.15, 0.2) is 109 Å². The fraction of sp³-hybridized carbons (Fsp3) is 0.644. The van der Waals surface area contributed by atoms with Crippen molar-refractivity contribution >= 4 is 17.9 Å². The molecule has 0 aliphatic heterocycles. The van der Waals surface area contributed by atoms with Crippen molar-refractivity contribution in [2.45, 2.75) is 232 Å². The van der Waals surface area contributed by atoms with Gasteiger partial charge >= 0.3 is 17.9 Å². The second-order valence-corrected chi connectivity index (χ2v) is 17.1. The first-order chi connectivity index (χ1) is 32.0. The van der Waals surface area contributed by atoms with Gasteiger partial charge in [-0.3, -0.25) is 14.4 Å². The Morgan fingerprint density at radius 2 is 0.692 bits per heavy atom. The monoisotopic (exact) mass is 901 g/mol. The fourth-order valence-corrected chi connectivity index (χ4v) is 6.88. The van der Waals surface area contributed by atoms with E-state index in [0.717, 1.165) is 103 Å². The van der Waals surface area contributed by atoms with Crippen molar-refractivity contribution < 1.29 is 28.6 Å². The number of ether oxygens (including phenoxy) is 3. The van der Waals surface area contributed by atoms with Crippen LogP contribution in [0.4, 0.5) is 0 Å². The van der Waals surface area contributed by atoms with Gasteiger partial charge < -0.3 is 14.2 Å². The summed E-state index contributed by atoms with van der Waals surface area (Å²) in [6, 6.07) is 0. The average molecular weight is 901 g/mol. The quantitative estimate of drug-likeness (QED) is 0.0199. The van der Waals surface area contributed by atoms with E-state index in [1.165, 1.54) is 77.0 Å². The van der Waals surface area contributed by atoms with Crippen molar-refractivity contribution in [2.24, 2.45) is 0 Å². The van der Waals surface area contributed by atoms with Gasteiger partial charge in [0, 0.05) is 19.3 Å². The first-order valence-electron chi connectivity index (χ1n) is 26.4. The zero-order chi connectivity index (χ0) is 47.2. The van der Waals surface area contributed by atoms with Gasteiger partial charge in [0.15, 0.2) is 6.10 Å². The van der Waals surface area contributed by atoms with Crippen LogP contribution in [0.2, 0.25) is 0 Å². The van der Waals surface area contributed by atoms with E-state index in [9.17, 15) is 14.4 Å². The van der Waals surface area contributed by atoms with E-state index >= 15 is 0 Å². The van der Waals surface area contributed by atoms with Gasteiger partial charge in [-0.2, -0.15) is 0 Å². The maximum atomic E-state index is 12.8. The van der Waals surface area contributed by atoms with E-state index in [2.05, 4.69) is 118 Å². The summed E-state index contributed by atoms with van der Waals surface area (Å²) in [6.07, 6.45) is 70.8. The molecule has 0 aliphatic carbocycles. The highest BCUT2D eigenvalue weighted by atomic mass is 16.6. The van der Waals surface area contributed by atoms with E-state index in [1.54, 1.807) is 0 Å². The first kappa shape index (κ1) is 61.1. The predicted octanol–water partition coefficient (Wildman–Crippen LogP) is 17.5. The van der Waals surface area contributed by atoms with Gasteiger partial charge in [-0.25, -0.2) is 0 Å². The number of carbonyl (C=O) groups excluding carboxylic acids is 3. The summed E-state index contributed by atoms with van der Waals surface area (Å²) in [5, 5.41) is 0. The minimum absolute atomic E-state index is 0.110. The molecule has 0 aromatic rings. The number of carbonyl (C=O) groups is 3. The molecule has 0 aromatic heterocycles. The lowest BCUT2D eigenvalue weighted by Gasteiger charge is -2.18. The summed E-state index contributed by atoms with van der Waals surface area (Å²) >= 11 is 0. The molecule has 0 radical (unpaired) electrons. The second-order valence-electron chi connectivity index (χ2n) is 17.1. The van der Waals surface area contributed by atoms with E-state index in [0.29, 0.717) is 12.8 Å². The molecule has 0 bridgehead atoms. The Morgan fingerprint density at radius 3 is 1.12 bits per heavy atom. The lowest BCUT2D eigenvalue weighted by atomic mass is 10.1. The predicted molar refractivity (Wildman–Crippen MR) is 279 cm³/mol. The Morgan fingerprint density at radius 1 is 0.338 bits per heavy atom. The molecule has 1 unspecified atom stereocenters. The number of esters is 3. The molecule has 65 heavy (non-hydrogen) atoms. The van der Waals surface area contributed by atoms with E-state index < -0.39 is 6.10 Å². The summed E-state index contributed by atoms with van der Waals surface area (Å²) in [7, 11) is 0. The third-order valence-corrected chi connectivity index (χ3v) is 10.8. The molecule has 0 rings (SSSR count). The minimum Gasteiger partial charge on any atom is -0.462 e. The molecule has 0 fully saturated rings. The molecular formula is C59H96O6. The first-order valence-corrected chi connectivity index (χ1v) is 26.4.